The summed E-state index contributed by atoms with van der Waals surface area (Å²) in [5, 5.41) is 4.44. The van der Waals surface area contributed by atoms with Gasteiger partial charge in [0.25, 0.3) is 11.8 Å². The maximum Gasteiger partial charge on any atom is 0.328 e. The largest absolute Gasteiger partial charge is 0.439 e. The summed E-state index contributed by atoms with van der Waals surface area (Å²) < 4.78 is 11.2. The van der Waals surface area contributed by atoms with Gasteiger partial charge < -0.3 is 19.3 Å². The van der Waals surface area contributed by atoms with Gasteiger partial charge in [-0.25, -0.2) is 9.78 Å². The summed E-state index contributed by atoms with van der Waals surface area (Å²) >= 11 is 0. The molecule has 0 saturated carbocycles. The SMILES string of the molecule is COCCCN1CCCc2cc(Oc3ccc(N4CCCC45C(=O)NC(=O)NC5=O)cn3)ccc21. The van der Waals surface area contributed by atoms with Crippen LogP contribution in [0.3, 0.4) is 0 Å². The van der Waals surface area contributed by atoms with Gasteiger partial charge in [0.05, 0.1) is 11.9 Å². The number of hydrogen-bond acceptors (Lipinski definition) is 8. The number of rotatable bonds is 7. The highest BCUT2D eigenvalue weighted by atomic mass is 16.5. The van der Waals surface area contributed by atoms with Crippen molar-refractivity contribution in [3.63, 3.8) is 0 Å². The molecule has 5 rings (SSSR count). The first-order chi connectivity index (χ1) is 17.0. The molecule has 10 nitrogen and oxygen atoms in total. The van der Waals surface area contributed by atoms with E-state index in [9.17, 15) is 14.4 Å². The minimum absolute atomic E-state index is 0.327. The number of amides is 4. The predicted octanol–water partition coefficient (Wildman–Crippen LogP) is 2.37. The van der Waals surface area contributed by atoms with Crippen LogP contribution in [0.25, 0.3) is 0 Å². The Bertz CT molecular complexity index is 1120. The van der Waals surface area contributed by atoms with Crippen molar-refractivity contribution in [2.24, 2.45) is 0 Å². The molecule has 184 valence electrons. The third-order valence-electron chi connectivity index (χ3n) is 6.88. The van der Waals surface area contributed by atoms with Gasteiger partial charge >= 0.3 is 6.03 Å². The number of aryl methyl sites for hydroxylation is 1. The molecule has 0 atom stereocenters. The quantitative estimate of drug-likeness (QED) is 0.460. The summed E-state index contributed by atoms with van der Waals surface area (Å²) in [6.45, 7) is 3.26. The Labute approximate surface area is 203 Å². The van der Waals surface area contributed by atoms with Crippen LogP contribution in [0.15, 0.2) is 36.5 Å². The molecule has 1 spiro atoms. The zero-order chi connectivity index (χ0) is 24.4. The molecular weight excluding hydrogens is 450 g/mol. The van der Waals surface area contributed by atoms with Gasteiger partial charge in [-0.15, -0.1) is 0 Å². The number of pyridine rings is 1. The van der Waals surface area contributed by atoms with Crippen LogP contribution in [0.5, 0.6) is 11.6 Å². The number of urea groups is 1. The van der Waals surface area contributed by atoms with Crippen LogP contribution < -0.4 is 25.2 Å². The highest BCUT2D eigenvalue weighted by molar-refractivity contribution is 6.24. The highest BCUT2D eigenvalue weighted by Crippen LogP contribution is 2.37. The fourth-order valence-corrected chi connectivity index (χ4v) is 5.25. The standard InChI is InChI=1S/C25H29N5O5/c1-34-14-4-12-29-11-2-5-17-15-19(7-8-20(17)29)35-21-9-6-18(16-26-21)30-13-3-10-25(30)22(31)27-24(33)28-23(25)32/h6-9,15-16H,2-5,10-14H2,1H3,(H2,27,28,31,32,33). The average molecular weight is 480 g/mol. The monoisotopic (exact) mass is 479 g/mol. The van der Waals surface area contributed by atoms with Gasteiger partial charge in [-0.2, -0.15) is 0 Å². The third-order valence-corrected chi connectivity index (χ3v) is 6.88. The lowest BCUT2D eigenvalue weighted by Gasteiger charge is -2.38. The Hall–Kier alpha value is -3.66. The second kappa shape index (κ2) is 9.53. The van der Waals surface area contributed by atoms with E-state index in [1.54, 1.807) is 30.3 Å². The minimum Gasteiger partial charge on any atom is -0.439 e. The van der Waals surface area contributed by atoms with Crippen molar-refractivity contribution >= 4 is 29.2 Å². The second-order valence-corrected chi connectivity index (χ2v) is 9.04. The first-order valence-electron chi connectivity index (χ1n) is 12.0. The molecule has 1 aromatic heterocycles. The van der Waals surface area contributed by atoms with Gasteiger partial charge in [0.15, 0.2) is 5.54 Å². The van der Waals surface area contributed by atoms with Crippen molar-refractivity contribution in [2.45, 2.75) is 37.6 Å². The predicted molar refractivity (Wildman–Crippen MR) is 129 cm³/mol. The number of barbiturate groups is 1. The number of aromatic nitrogens is 1. The molecule has 0 aliphatic carbocycles. The number of benzene rings is 1. The number of fused-ring (bicyclic) bond motifs is 1. The number of anilines is 2. The van der Waals surface area contributed by atoms with E-state index in [2.05, 4.69) is 32.7 Å². The number of nitrogens with one attached hydrogen (secondary N) is 2. The molecule has 0 unspecified atom stereocenters. The Morgan fingerprint density at radius 1 is 1.06 bits per heavy atom. The van der Waals surface area contributed by atoms with Crippen molar-refractivity contribution in [2.75, 3.05) is 43.2 Å². The van der Waals surface area contributed by atoms with Gasteiger partial charge in [-0.3, -0.25) is 20.2 Å². The van der Waals surface area contributed by atoms with Crippen molar-refractivity contribution in [1.82, 2.24) is 15.6 Å². The number of ether oxygens (including phenoxy) is 2. The van der Waals surface area contributed by atoms with Crippen molar-refractivity contribution in [1.29, 1.82) is 0 Å². The highest BCUT2D eigenvalue weighted by Gasteiger charge is 2.57. The number of imide groups is 2. The van der Waals surface area contributed by atoms with E-state index >= 15 is 0 Å². The molecule has 2 aromatic rings. The first kappa shape index (κ1) is 23.1. The average Bonchev–Trinajstić information content (AvgIpc) is 3.30. The number of carbonyl (C=O) groups excluding carboxylic acids is 3. The molecular formula is C25H29N5O5. The lowest BCUT2D eigenvalue weighted by atomic mass is 9.92. The lowest BCUT2D eigenvalue weighted by molar-refractivity contribution is -0.137. The Kier molecular flexibility index (Phi) is 6.29. The molecule has 0 bridgehead atoms. The second-order valence-electron chi connectivity index (χ2n) is 9.04. The summed E-state index contributed by atoms with van der Waals surface area (Å²) in [7, 11) is 1.73. The van der Waals surface area contributed by atoms with E-state index in [0.29, 0.717) is 36.7 Å². The Morgan fingerprint density at radius 2 is 1.89 bits per heavy atom. The molecule has 3 aliphatic rings. The van der Waals surface area contributed by atoms with Crippen molar-refractivity contribution < 1.29 is 23.9 Å². The fourth-order valence-electron chi connectivity index (χ4n) is 5.25. The minimum atomic E-state index is -1.44. The maximum absolute atomic E-state index is 12.7. The van der Waals surface area contributed by atoms with Gasteiger partial charge in [0.2, 0.25) is 5.88 Å². The molecule has 2 N–H and O–H groups in total. The zero-order valence-corrected chi connectivity index (χ0v) is 19.7. The van der Waals surface area contributed by atoms with E-state index in [1.165, 1.54) is 11.3 Å². The zero-order valence-electron chi connectivity index (χ0n) is 19.7. The number of hydrogen-bond donors (Lipinski definition) is 2. The molecule has 3 aliphatic heterocycles. The fraction of sp³-hybridized carbons (Fsp3) is 0.440. The summed E-state index contributed by atoms with van der Waals surface area (Å²) in [6, 6.07) is 8.83. The maximum atomic E-state index is 12.7. The van der Waals surface area contributed by atoms with Crippen LogP contribution >= 0.6 is 0 Å². The smallest absolute Gasteiger partial charge is 0.328 e. The number of nitrogens with zero attached hydrogens (tertiary/aromatic N) is 3. The molecule has 2 fully saturated rings. The molecule has 4 heterocycles. The normalized spacial score (nSPS) is 18.9. The van der Waals surface area contributed by atoms with Crippen LogP contribution in [0.1, 0.15) is 31.2 Å². The molecule has 1 aromatic carbocycles. The topological polar surface area (TPSA) is 113 Å². The molecule has 10 heteroatoms. The van der Waals surface area contributed by atoms with E-state index in [4.69, 9.17) is 9.47 Å². The van der Waals surface area contributed by atoms with Crippen molar-refractivity contribution in [3.05, 3.63) is 42.1 Å². The van der Waals surface area contributed by atoms with Gasteiger partial charge in [0.1, 0.15) is 5.75 Å². The van der Waals surface area contributed by atoms with Crippen LogP contribution in [-0.4, -0.2) is 61.7 Å². The summed E-state index contributed by atoms with van der Waals surface area (Å²) in [5.41, 5.74) is 1.67. The summed E-state index contributed by atoms with van der Waals surface area (Å²) in [6.07, 6.45) is 5.65. The number of methoxy groups -OCH3 is 1. The van der Waals surface area contributed by atoms with Crippen LogP contribution in [0.4, 0.5) is 16.2 Å². The Balaban J connectivity index is 1.30. The lowest BCUT2D eigenvalue weighted by Crippen LogP contribution is -2.71. The van der Waals surface area contributed by atoms with Gasteiger partial charge in [0, 0.05) is 45.1 Å². The van der Waals surface area contributed by atoms with Gasteiger partial charge in [-0.05, 0) is 61.9 Å². The molecule has 4 amide bonds. The number of carbonyl (C=O) groups is 3. The van der Waals surface area contributed by atoms with E-state index in [0.717, 1.165) is 39.0 Å². The van der Waals surface area contributed by atoms with Gasteiger partial charge in [-0.1, -0.05) is 0 Å². The van der Waals surface area contributed by atoms with Crippen LogP contribution in [0.2, 0.25) is 0 Å². The van der Waals surface area contributed by atoms with Crippen molar-refractivity contribution in [3.8, 4) is 11.6 Å². The van der Waals surface area contributed by atoms with Crippen LogP contribution in [-0.2, 0) is 20.7 Å². The van der Waals surface area contributed by atoms with Crippen LogP contribution in [0, 0.1) is 0 Å². The Morgan fingerprint density at radius 3 is 2.63 bits per heavy atom. The van der Waals surface area contributed by atoms with E-state index < -0.39 is 23.4 Å². The first-order valence-corrected chi connectivity index (χ1v) is 12.0. The molecule has 0 radical (unpaired) electrons. The summed E-state index contributed by atoms with van der Waals surface area (Å²) in [4.78, 5) is 45.4. The summed E-state index contributed by atoms with van der Waals surface area (Å²) in [5.74, 6) is -0.0730. The van der Waals surface area contributed by atoms with E-state index in [-0.39, 0.29) is 0 Å². The van der Waals surface area contributed by atoms with E-state index in [1.807, 2.05) is 6.07 Å². The molecule has 2 saturated heterocycles. The molecule has 35 heavy (non-hydrogen) atoms. The third kappa shape index (κ3) is 4.29.